The number of hydrogen-bond donors (Lipinski definition) is 1. The molecule has 2 aliphatic rings. The molecule has 17 heavy (non-hydrogen) atoms. The van der Waals surface area contributed by atoms with Gasteiger partial charge in [-0.1, -0.05) is 0 Å². The van der Waals surface area contributed by atoms with Gasteiger partial charge >= 0.3 is 5.97 Å². The van der Waals surface area contributed by atoms with Gasteiger partial charge in [0.15, 0.2) is 0 Å². The molecule has 2 saturated carbocycles. The topological polar surface area (TPSA) is 52.3 Å². The van der Waals surface area contributed by atoms with E-state index in [1.165, 1.54) is 19.3 Å². The molecule has 0 radical (unpaired) electrons. The zero-order chi connectivity index (χ0) is 11.8. The first-order valence-electron chi connectivity index (χ1n) is 6.29. The molecule has 0 amide bonds. The molecule has 3 rings (SSSR count). The van der Waals surface area contributed by atoms with E-state index in [1.54, 1.807) is 24.3 Å². The lowest BCUT2D eigenvalue weighted by molar-refractivity contribution is 0.0158. The molecule has 1 aromatic carbocycles. The van der Waals surface area contributed by atoms with Gasteiger partial charge in [0, 0.05) is 5.69 Å². The van der Waals surface area contributed by atoms with Crippen molar-refractivity contribution in [3.63, 3.8) is 0 Å². The monoisotopic (exact) mass is 231 g/mol. The molecule has 2 aliphatic carbocycles. The summed E-state index contributed by atoms with van der Waals surface area (Å²) in [5.74, 6) is 1.20. The Morgan fingerprint density at radius 2 is 1.94 bits per heavy atom. The minimum absolute atomic E-state index is 0.152. The van der Waals surface area contributed by atoms with Crippen molar-refractivity contribution in [3.05, 3.63) is 29.8 Å². The molecule has 0 spiro atoms. The van der Waals surface area contributed by atoms with Crippen molar-refractivity contribution < 1.29 is 9.53 Å². The molecule has 0 unspecified atom stereocenters. The van der Waals surface area contributed by atoms with Crippen molar-refractivity contribution >= 4 is 11.7 Å². The zero-order valence-electron chi connectivity index (χ0n) is 9.76. The molecule has 2 fully saturated rings. The van der Waals surface area contributed by atoms with E-state index in [4.69, 9.17) is 10.5 Å². The molecule has 2 N–H and O–H groups in total. The van der Waals surface area contributed by atoms with Gasteiger partial charge in [-0.05, 0) is 61.8 Å². The number of nitrogens with two attached hydrogens (primary N) is 1. The molecule has 3 heteroatoms. The highest BCUT2D eigenvalue weighted by Gasteiger charge is 2.41. The van der Waals surface area contributed by atoms with Crippen LogP contribution in [0.2, 0.25) is 0 Å². The summed E-state index contributed by atoms with van der Waals surface area (Å²) in [7, 11) is 0. The van der Waals surface area contributed by atoms with Crippen LogP contribution in [0, 0.1) is 11.8 Å². The summed E-state index contributed by atoms with van der Waals surface area (Å²) < 4.78 is 5.59. The quantitative estimate of drug-likeness (QED) is 0.628. The maximum absolute atomic E-state index is 11.9. The summed E-state index contributed by atoms with van der Waals surface area (Å²) in [6.45, 7) is 0. The zero-order valence-corrected chi connectivity index (χ0v) is 9.76. The Kier molecular flexibility index (Phi) is 2.54. The van der Waals surface area contributed by atoms with E-state index in [9.17, 15) is 4.79 Å². The molecular weight excluding hydrogens is 214 g/mol. The molecular formula is C14H17NO2. The van der Waals surface area contributed by atoms with Crippen molar-refractivity contribution in [2.75, 3.05) is 5.73 Å². The number of ether oxygens (including phenoxy) is 1. The minimum atomic E-state index is -0.206. The smallest absolute Gasteiger partial charge is 0.338 e. The fourth-order valence-corrected chi connectivity index (χ4v) is 3.16. The van der Waals surface area contributed by atoms with Gasteiger partial charge in [0.1, 0.15) is 6.10 Å². The molecule has 1 aromatic rings. The summed E-state index contributed by atoms with van der Waals surface area (Å²) in [5, 5.41) is 0. The van der Waals surface area contributed by atoms with E-state index in [1.807, 2.05) is 0 Å². The number of rotatable bonds is 2. The van der Waals surface area contributed by atoms with Crippen molar-refractivity contribution in [3.8, 4) is 0 Å². The number of hydrogen-bond acceptors (Lipinski definition) is 3. The van der Waals surface area contributed by atoms with Gasteiger partial charge in [-0.3, -0.25) is 0 Å². The number of anilines is 1. The van der Waals surface area contributed by atoms with Crippen LogP contribution in [0.15, 0.2) is 24.3 Å². The second kappa shape index (κ2) is 4.06. The fourth-order valence-electron chi connectivity index (χ4n) is 3.16. The van der Waals surface area contributed by atoms with Crippen LogP contribution in [0.4, 0.5) is 5.69 Å². The van der Waals surface area contributed by atoms with Gasteiger partial charge < -0.3 is 10.5 Å². The first-order chi connectivity index (χ1) is 8.22. The Bertz CT molecular complexity index is 426. The highest BCUT2D eigenvalue weighted by molar-refractivity contribution is 5.89. The van der Waals surface area contributed by atoms with Crippen LogP contribution in [0.25, 0.3) is 0 Å². The third-order valence-electron chi connectivity index (χ3n) is 4.08. The fraction of sp³-hybridized carbons (Fsp3) is 0.500. The van der Waals surface area contributed by atoms with Crippen molar-refractivity contribution in [2.24, 2.45) is 11.8 Å². The van der Waals surface area contributed by atoms with Crippen LogP contribution in [-0.2, 0) is 4.74 Å². The number of carbonyl (C=O) groups is 1. The van der Waals surface area contributed by atoms with E-state index in [2.05, 4.69) is 0 Å². The standard InChI is InChI=1S/C14H17NO2/c15-12-5-3-10(4-6-12)14(16)17-13-8-9-1-2-11(13)7-9/h3-6,9,11,13H,1-2,7-8,15H2/t9-,11+,13-/m0/s1. The Labute approximate surface area is 101 Å². The van der Waals surface area contributed by atoms with Crippen LogP contribution < -0.4 is 5.73 Å². The van der Waals surface area contributed by atoms with E-state index in [0.717, 1.165) is 12.3 Å². The van der Waals surface area contributed by atoms with Gasteiger partial charge in [0.05, 0.1) is 5.56 Å². The first kappa shape index (κ1) is 10.6. The average Bonchev–Trinajstić information content (AvgIpc) is 2.91. The SMILES string of the molecule is Nc1ccc(C(=O)O[C@H]2C[C@H]3CC[C@@H]2C3)cc1. The average molecular weight is 231 g/mol. The first-order valence-corrected chi connectivity index (χ1v) is 6.29. The lowest BCUT2D eigenvalue weighted by atomic mass is 9.98. The molecule has 0 aromatic heterocycles. The number of carbonyl (C=O) groups excluding carboxylic acids is 1. The van der Waals surface area contributed by atoms with E-state index >= 15 is 0 Å². The summed E-state index contributed by atoms with van der Waals surface area (Å²) in [5.41, 5.74) is 6.85. The lowest BCUT2D eigenvalue weighted by Gasteiger charge is -2.21. The minimum Gasteiger partial charge on any atom is -0.458 e. The van der Waals surface area contributed by atoms with Crippen LogP contribution in [0.3, 0.4) is 0 Å². The van der Waals surface area contributed by atoms with Gasteiger partial charge in [0.25, 0.3) is 0 Å². The Balaban J connectivity index is 1.65. The highest BCUT2D eigenvalue weighted by Crippen LogP contribution is 2.46. The van der Waals surface area contributed by atoms with Gasteiger partial charge in [-0.25, -0.2) is 4.79 Å². The summed E-state index contributed by atoms with van der Waals surface area (Å²) in [4.78, 5) is 11.9. The Morgan fingerprint density at radius 3 is 2.53 bits per heavy atom. The molecule has 90 valence electrons. The van der Waals surface area contributed by atoms with Crippen molar-refractivity contribution in [1.82, 2.24) is 0 Å². The summed E-state index contributed by atoms with van der Waals surface area (Å²) in [6, 6.07) is 6.92. The van der Waals surface area contributed by atoms with Crippen LogP contribution in [0.1, 0.15) is 36.0 Å². The van der Waals surface area contributed by atoms with Crippen molar-refractivity contribution in [1.29, 1.82) is 0 Å². The largest absolute Gasteiger partial charge is 0.458 e. The van der Waals surface area contributed by atoms with Gasteiger partial charge in [-0.2, -0.15) is 0 Å². The van der Waals surface area contributed by atoms with E-state index in [-0.39, 0.29) is 12.1 Å². The predicted molar refractivity (Wildman–Crippen MR) is 65.5 cm³/mol. The van der Waals surface area contributed by atoms with Gasteiger partial charge in [0.2, 0.25) is 0 Å². The summed E-state index contributed by atoms with van der Waals surface area (Å²) in [6.07, 6.45) is 5.01. The van der Waals surface area contributed by atoms with Crippen LogP contribution in [-0.4, -0.2) is 12.1 Å². The molecule has 2 bridgehead atoms. The molecule has 3 atom stereocenters. The normalized spacial score (nSPS) is 30.5. The number of esters is 1. The lowest BCUT2D eigenvalue weighted by Crippen LogP contribution is -2.24. The van der Waals surface area contributed by atoms with E-state index in [0.29, 0.717) is 17.2 Å². The molecule has 0 heterocycles. The predicted octanol–water partition coefficient (Wildman–Crippen LogP) is 2.61. The summed E-state index contributed by atoms with van der Waals surface area (Å²) >= 11 is 0. The second-order valence-corrected chi connectivity index (χ2v) is 5.24. The molecule has 3 nitrogen and oxygen atoms in total. The van der Waals surface area contributed by atoms with Crippen LogP contribution in [0.5, 0.6) is 0 Å². The highest BCUT2D eigenvalue weighted by atomic mass is 16.5. The number of benzene rings is 1. The third kappa shape index (κ3) is 2.02. The second-order valence-electron chi connectivity index (χ2n) is 5.24. The molecule has 0 aliphatic heterocycles. The molecule has 0 saturated heterocycles. The Hall–Kier alpha value is -1.51. The van der Waals surface area contributed by atoms with Crippen molar-refractivity contribution in [2.45, 2.75) is 31.8 Å². The third-order valence-corrected chi connectivity index (χ3v) is 4.08. The van der Waals surface area contributed by atoms with E-state index < -0.39 is 0 Å². The van der Waals surface area contributed by atoms with Gasteiger partial charge in [-0.15, -0.1) is 0 Å². The maximum atomic E-state index is 11.9. The number of fused-ring (bicyclic) bond motifs is 2. The van der Waals surface area contributed by atoms with Crippen LogP contribution >= 0.6 is 0 Å². The Morgan fingerprint density at radius 1 is 1.18 bits per heavy atom. The maximum Gasteiger partial charge on any atom is 0.338 e. The number of nitrogen functional groups attached to an aromatic ring is 1.